The SMILES string of the molecule is CCSCCCO[C@]1(C(=O)O)CC(O)[C@@H](NC(C)=O)[C@H](C(O)[C@H](O)CNC(=O)c2ccc(C(F)(F)F)cc2)O1. The topological polar surface area (TPSA) is 175 Å². The highest BCUT2D eigenvalue weighted by atomic mass is 32.2. The number of halogens is 3. The minimum absolute atomic E-state index is 0.0502. The van der Waals surface area contributed by atoms with Crippen LogP contribution < -0.4 is 10.6 Å². The van der Waals surface area contributed by atoms with Gasteiger partial charge in [-0.3, -0.25) is 9.59 Å². The molecule has 220 valence electrons. The highest BCUT2D eigenvalue weighted by Gasteiger charge is 2.55. The summed E-state index contributed by atoms with van der Waals surface area (Å²) >= 11 is 1.60. The molecule has 6 atom stereocenters. The summed E-state index contributed by atoms with van der Waals surface area (Å²) in [5.41, 5.74) is -1.11. The number of ether oxygens (including phenoxy) is 2. The Morgan fingerprint density at radius 1 is 1.23 bits per heavy atom. The van der Waals surface area contributed by atoms with Crippen LogP contribution in [0.4, 0.5) is 13.2 Å². The number of rotatable bonds is 13. The molecule has 15 heteroatoms. The zero-order chi connectivity index (χ0) is 29.4. The molecule has 2 unspecified atom stereocenters. The lowest BCUT2D eigenvalue weighted by molar-refractivity contribution is -0.310. The molecule has 0 aliphatic carbocycles. The molecule has 39 heavy (non-hydrogen) atoms. The van der Waals surface area contributed by atoms with E-state index in [0.717, 1.165) is 24.8 Å². The third kappa shape index (κ3) is 9.05. The van der Waals surface area contributed by atoms with E-state index in [0.29, 0.717) is 24.3 Å². The van der Waals surface area contributed by atoms with Gasteiger partial charge in [-0.25, -0.2) is 4.79 Å². The molecule has 0 bridgehead atoms. The molecule has 6 N–H and O–H groups in total. The predicted octanol–water partition coefficient (Wildman–Crippen LogP) is 0.752. The second-order valence-electron chi connectivity index (χ2n) is 8.88. The van der Waals surface area contributed by atoms with Gasteiger partial charge in [0.1, 0.15) is 12.2 Å². The first kappa shape index (κ1) is 32.8. The predicted molar refractivity (Wildman–Crippen MR) is 133 cm³/mol. The largest absolute Gasteiger partial charge is 0.477 e. The second-order valence-corrected chi connectivity index (χ2v) is 10.3. The Morgan fingerprint density at radius 2 is 1.87 bits per heavy atom. The van der Waals surface area contributed by atoms with Gasteiger partial charge in [0.05, 0.1) is 30.4 Å². The number of carboxylic acids is 1. The van der Waals surface area contributed by atoms with Crippen molar-refractivity contribution >= 4 is 29.5 Å². The third-order valence-electron chi connectivity index (χ3n) is 5.92. The maximum atomic E-state index is 12.7. The first-order valence-corrected chi connectivity index (χ1v) is 13.3. The first-order chi connectivity index (χ1) is 18.2. The number of hydrogen-bond donors (Lipinski definition) is 6. The smallest absolute Gasteiger partial charge is 0.416 e. The van der Waals surface area contributed by atoms with E-state index in [1.54, 1.807) is 11.8 Å². The zero-order valence-corrected chi connectivity index (χ0v) is 22.1. The molecule has 11 nitrogen and oxygen atoms in total. The number of carboxylic acid groups (broad SMARTS) is 1. The number of carbonyl (C=O) groups is 3. The van der Waals surface area contributed by atoms with Crippen molar-refractivity contribution in [3.8, 4) is 0 Å². The van der Waals surface area contributed by atoms with Crippen LogP contribution in [0.1, 0.15) is 42.6 Å². The molecular weight excluding hydrogens is 549 g/mol. The maximum Gasteiger partial charge on any atom is 0.416 e. The molecule has 1 aliphatic rings. The molecule has 2 rings (SSSR count). The number of aliphatic hydroxyl groups is 3. The zero-order valence-electron chi connectivity index (χ0n) is 21.3. The molecule has 1 fully saturated rings. The van der Waals surface area contributed by atoms with Gasteiger partial charge in [-0.1, -0.05) is 6.92 Å². The van der Waals surface area contributed by atoms with Crippen LogP contribution in [0.15, 0.2) is 24.3 Å². The average molecular weight is 583 g/mol. The Kier molecular flexibility index (Phi) is 12.0. The highest BCUT2D eigenvalue weighted by molar-refractivity contribution is 7.99. The van der Waals surface area contributed by atoms with E-state index in [2.05, 4.69) is 10.6 Å². The van der Waals surface area contributed by atoms with Crippen molar-refractivity contribution in [2.45, 2.75) is 69.1 Å². The number of benzene rings is 1. The summed E-state index contributed by atoms with van der Waals surface area (Å²) in [4.78, 5) is 36.2. The minimum Gasteiger partial charge on any atom is -0.477 e. The summed E-state index contributed by atoms with van der Waals surface area (Å²) in [5.74, 6) is -3.95. The fourth-order valence-electron chi connectivity index (χ4n) is 3.94. The lowest BCUT2D eigenvalue weighted by atomic mass is 9.88. The van der Waals surface area contributed by atoms with E-state index in [-0.39, 0.29) is 12.2 Å². The van der Waals surface area contributed by atoms with E-state index < -0.39 is 78.7 Å². The Bertz CT molecular complexity index is 983. The second kappa shape index (κ2) is 14.3. The van der Waals surface area contributed by atoms with Gasteiger partial charge in [0.2, 0.25) is 5.91 Å². The molecule has 1 saturated heterocycles. The lowest BCUT2D eigenvalue weighted by Crippen LogP contribution is -2.68. The van der Waals surface area contributed by atoms with Crippen LogP contribution in [0.5, 0.6) is 0 Å². The molecule has 2 amide bonds. The van der Waals surface area contributed by atoms with Crippen molar-refractivity contribution in [3.05, 3.63) is 35.4 Å². The molecule has 1 aromatic rings. The third-order valence-corrected chi connectivity index (χ3v) is 6.90. The van der Waals surface area contributed by atoms with Crippen LogP contribution in [-0.2, 0) is 25.2 Å². The first-order valence-electron chi connectivity index (χ1n) is 12.1. The molecule has 0 spiro atoms. The van der Waals surface area contributed by atoms with Crippen LogP contribution in [0.2, 0.25) is 0 Å². The fraction of sp³-hybridized carbons (Fsp3) is 0.625. The number of thioether (sulfide) groups is 1. The number of aliphatic hydroxyl groups excluding tert-OH is 3. The summed E-state index contributed by atoms with van der Waals surface area (Å²) in [6.07, 6.45) is -11.7. The van der Waals surface area contributed by atoms with E-state index in [4.69, 9.17) is 9.47 Å². The van der Waals surface area contributed by atoms with Crippen molar-refractivity contribution in [3.63, 3.8) is 0 Å². The van der Waals surface area contributed by atoms with Gasteiger partial charge in [0.25, 0.3) is 11.7 Å². The Balaban J connectivity index is 2.15. The molecule has 1 heterocycles. The Hall–Kier alpha value is -2.43. The molecule has 1 aromatic carbocycles. The van der Waals surface area contributed by atoms with Crippen LogP contribution >= 0.6 is 11.8 Å². The number of aliphatic carboxylic acids is 1. The molecule has 0 radical (unpaired) electrons. The monoisotopic (exact) mass is 582 g/mol. The highest BCUT2D eigenvalue weighted by Crippen LogP contribution is 2.34. The molecule has 0 aromatic heterocycles. The van der Waals surface area contributed by atoms with Gasteiger partial charge in [-0.15, -0.1) is 0 Å². The van der Waals surface area contributed by atoms with E-state index in [1.807, 2.05) is 6.92 Å². The van der Waals surface area contributed by atoms with Crippen LogP contribution in [0, 0.1) is 0 Å². The van der Waals surface area contributed by atoms with Gasteiger partial charge >= 0.3 is 12.1 Å². The minimum atomic E-state index is -4.59. The summed E-state index contributed by atoms with van der Waals surface area (Å²) < 4.78 is 49.3. The van der Waals surface area contributed by atoms with Crippen molar-refractivity contribution in [2.24, 2.45) is 0 Å². The number of amides is 2. The van der Waals surface area contributed by atoms with Gasteiger partial charge in [-0.2, -0.15) is 24.9 Å². The molecular formula is C24H33F3N2O9S. The summed E-state index contributed by atoms with van der Waals surface area (Å²) in [7, 11) is 0. The lowest BCUT2D eigenvalue weighted by Gasteiger charge is -2.46. The number of hydrogen-bond acceptors (Lipinski definition) is 9. The quantitative estimate of drug-likeness (QED) is 0.182. The van der Waals surface area contributed by atoms with Crippen molar-refractivity contribution in [1.82, 2.24) is 10.6 Å². The van der Waals surface area contributed by atoms with Gasteiger partial charge in [0.15, 0.2) is 0 Å². The fourth-order valence-corrected chi connectivity index (χ4v) is 4.55. The van der Waals surface area contributed by atoms with Gasteiger partial charge < -0.3 is 40.5 Å². The summed E-state index contributed by atoms with van der Waals surface area (Å²) in [6.45, 7) is 2.40. The Morgan fingerprint density at radius 3 is 2.41 bits per heavy atom. The van der Waals surface area contributed by atoms with E-state index in [9.17, 15) is 48.0 Å². The normalized spacial score (nSPS) is 25.0. The standard InChI is InChI=1S/C24H33F3N2O9S/c1-3-39-10-4-9-37-23(22(35)36)11-16(31)18(29-13(2)30)20(38-23)19(33)17(32)12-28-21(34)14-5-7-15(8-6-14)24(25,26)27/h5-8,16-20,31-33H,3-4,9-12H2,1-2H3,(H,28,34)(H,29,30)(H,35,36)/t16?,17-,18-,19?,20-,23-/m1/s1. The van der Waals surface area contributed by atoms with Crippen molar-refractivity contribution in [2.75, 3.05) is 24.7 Å². The summed E-state index contributed by atoms with van der Waals surface area (Å²) in [5, 5.41) is 46.6. The average Bonchev–Trinajstić information content (AvgIpc) is 2.87. The Labute approximate surface area is 227 Å². The van der Waals surface area contributed by atoms with E-state index in [1.165, 1.54) is 0 Å². The maximum absolute atomic E-state index is 12.7. The summed E-state index contributed by atoms with van der Waals surface area (Å²) in [6, 6.07) is 1.95. The van der Waals surface area contributed by atoms with Crippen molar-refractivity contribution < 1.29 is 57.5 Å². The number of nitrogens with one attached hydrogen (secondary N) is 2. The van der Waals surface area contributed by atoms with Crippen LogP contribution in [0.25, 0.3) is 0 Å². The van der Waals surface area contributed by atoms with Crippen molar-refractivity contribution in [1.29, 1.82) is 0 Å². The van der Waals surface area contributed by atoms with E-state index >= 15 is 0 Å². The number of carbonyl (C=O) groups excluding carboxylic acids is 2. The van der Waals surface area contributed by atoms with Gasteiger partial charge in [0, 0.05) is 25.5 Å². The van der Waals surface area contributed by atoms with Gasteiger partial charge in [-0.05, 0) is 42.2 Å². The molecule has 0 saturated carbocycles. The molecule has 1 aliphatic heterocycles. The number of alkyl halides is 3. The van der Waals surface area contributed by atoms with Crippen LogP contribution in [0.3, 0.4) is 0 Å². The van der Waals surface area contributed by atoms with Crippen LogP contribution in [-0.4, -0.2) is 99.1 Å².